The summed E-state index contributed by atoms with van der Waals surface area (Å²) in [5.74, 6) is 0.691. The van der Waals surface area contributed by atoms with Gasteiger partial charge in [0.25, 0.3) is 0 Å². The Morgan fingerprint density at radius 1 is 1.33 bits per heavy atom. The molecule has 1 unspecified atom stereocenters. The molecule has 0 aromatic carbocycles. The minimum atomic E-state index is -3.50. The zero-order valence-electron chi connectivity index (χ0n) is 13.3. The molecule has 0 aliphatic carbocycles. The lowest BCUT2D eigenvalue weighted by atomic mass is 10.2. The largest absolute Gasteiger partial charge is 0.370 e. The first-order chi connectivity index (χ1) is 9.85. The van der Waals surface area contributed by atoms with Crippen LogP contribution in [-0.4, -0.2) is 51.5 Å². The number of nitrogens with one attached hydrogen (secondary N) is 2. The van der Waals surface area contributed by atoms with Gasteiger partial charge in [-0.3, -0.25) is 0 Å². The van der Waals surface area contributed by atoms with Gasteiger partial charge in [-0.05, 0) is 52.5 Å². The number of hydrogen-bond donors (Lipinski definition) is 2. The van der Waals surface area contributed by atoms with Crippen molar-refractivity contribution in [3.63, 3.8) is 0 Å². The number of aromatic nitrogens is 1. The summed E-state index contributed by atoms with van der Waals surface area (Å²) in [6.07, 6.45) is 3.14. The summed E-state index contributed by atoms with van der Waals surface area (Å²) < 4.78 is 27.1. The highest BCUT2D eigenvalue weighted by molar-refractivity contribution is 7.89. The second kappa shape index (κ2) is 8.31. The van der Waals surface area contributed by atoms with Crippen molar-refractivity contribution in [2.24, 2.45) is 0 Å². The van der Waals surface area contributed by atoms with Crippen LogP contribution in [0, 0.1) is 0 Å². The molecule has 0 saturated carbocycles. The molecule has 0 aliphatic rings. The van der Waals surface area contributed by atoms with E-state index in [2.05, 4.69) is 21.9 Å². The number of pyridine rings is 1. The highest BCUT2D eigenvalue weighted by Crippen LogP contribution is 2.11. The molecule has 0 spiro atoms. The Hall–Kier alpha value is -1.18. The van der Waals surface area contributed by atoms with Crippen molar-refractivity contribution in [1.29, 1.82) is 0 Å². The molecule has 120 valence electrons. The fraction of sp³-hybridized carbons (Fsp3) is 0.643. The van der Waals surface area contributed by atoms with Crippen LogP contribution >= 0.6 is 0 Å². The smallest absolute Gasteiger partial charge is 0.242 e. The van der Waals surface area contributed by atoms with E-state index in [-0.39, 0.29) is 10.9 Å². The summed E-state index contributed by atoms with van der Waals surface area (Å²) in [4.78, 5) is 6.35. The Bertz CT molecular complexity index is 514. The summed E-state index contributed by atoms with van der Waals surface area (Å²) in [7, 11) is 0.427. The highest BCUT2D eigenvalue weighted by atomic mass is 32.2. The van der Waals surface area contributed by atoms with Crippen molar-refractivity contribution in [2.45, 2.75) is 37.6 Å². The van der Waals surface area contributed by atoms with Crippen LogP contribution in [-0.2, 0) is 10.0 Å². The molecule has 0 aliphatic heterocycles. The van der Waals surface area contributed by atoms with Crippen molar-refractivity contribution >= 4 is 15.8 Å². The maximum atomic E-state index is 12.2. The molecule has 1 heterocycles. The van der Waals surface area contributed by atoms with Gasteiger partial charge >= 0.3 is 0 Å². The minimum absolute atomic E-state index is 0.115. The average molecular weight is 314 g/mol. The maximum absolute atomic E-state index is 12.2. The third-order valence-electron chi connectivity index (χ3n) is 2.97. The van der Waals surface area contributed by atoms with Gasteiger partial charge < -0.3 is 10.2 Å². The van der Waals surface area contributed by atoms with Crippen LogP contribution in [0.5, 0.6) is 0 Å². The zero-order valence-corrected chi connectivity index (χ0v) is 14.1. The summed E-state index contributed by atoms with van der Waals surface area (Å²) in [5, 5.41) is 3.11. The van der Waals surface area contributed by atoms with Crippen LogP contribution in [0.2, 0.25) is 0 Å². The molecule has 1 aromatic heterocycles. The molecule has 1 atom stereocenters. The van der Waals surface area contributed by atoms with Gasteiger partial charge in [0.1, 0.15) is 10.7 Å². The quantitative estimate of drug-likeness (QED) is 0.723. The molecule has 1 rings (SSSR count). The van der Waals surface area contributed by atoms with Crippen LogP contribution < -0.4 is 10.0 Å². The van der Waals surface area contributed by atoms with E-state index in [1.165, 1.54) is 6.20 Å². The molecular weight excluding hydrogens is 288 g/mol. The molecule has 0 radical (unpaired) electrons. The molecule has 7 heteroatoms. The SMILES string of the molecule is CCCNc1ccc(S(=O)(=O)NC(C)CCN(C)C)cn1. The van der Waals surface area contributed by atoms with Crippen molar-refractivity contribution < 1.29 is 8.42 Å². The molecule has 21 heavy (non-hydrogen) atoms. The lowest BCUT2D eigenvalue weighted by molar-refractivity contribution is 0.379. The molecule has 0 bridgehead atoms. The second-order valence-corrected chi connectivity index (χ2v) is 7.13. The Labute approximate surface area is 128 Å². The normalized spacial score (nSPS) is 13.4. The zero-order chi connectivity index (χ0) is 15.9. The van der Waals surface area contributed by atoms with Crippen LogP contribution in [0.25, 0.3) is 0 Å². The number of hydrogen-bond acceptors (Lipinski definition) is 5. The first-order valence-electron chi connectivity index (χ1n) is 7.22. The van der Waals surface area contributed by atoms with Gasteiger partial charge in [0, 0.05) is 18.8 Å². The highest BCUT2D eigenvalue weighted by Gasteiger charge is 2.17. The molecule has 0 fully saturated rings. The van der Waals surface area contributed by atoms with E-state index in [1.54, 1.807) is 12.1 Å². The Balaban J connectivity index is 2.65. The van der Waals surface area contributed by atoms with Crippen LogP contribution in [0.15, 0.2) is 23.2 Å². The van der Waals surface area contributed by atoms with Gasteiger partial charge in [0.15, 0.2) is 0 Å². The first kappa shape index (κ1) is 17.9. The minimum Gasteiger partial charge on any atom is -0.370 e. The molecule has 1 aromatic rings. The fourth-order valence-corrected chi connectivity index (χ4v) is 2.96. The Kier molecular flexibility index (Phi) is 7.07. The number of nitrogens with zero attached hydrogens (tertiary/aromatic N) is 2. The number of rotatable bonds is 9. The monoisotopic (exact) mass is 314 g/mol. The maximum Gasteiger partial charge on any atom is 0.242 e. The summed E-state index contributed by atoms with van der Waals surface area (Å²) in [5.41, 5.74) is 0. The Morgan fingerprint density at radius 3 is 2.57 bits per heavy atom. The average Bonchev–Trinajstić information content (AvgIpc) is 2.43. The number of sulfonamides is 1. The van der Waals surface area contributed by atoms with Gasteiger partial charge in [0.05, 0.1) is 0 Å². The predicted molar refractivity (Wildman–Crippen MR) is 86.0 cm³/mol. The van der Waals surface area contributed by atoms with Gasteiger partial charge in [0.2, 0.25) is 10.0 Å². The van der Waals surface area contributed by atoms with Crippen LogP contribution in [0.4, 0.5) is 5.82 Å². The van der Waals surface area contributed by atoms with E-state index in [4.69, 9.17) is 0 Å². The Morgan fingerprint density at radius 2 is 2.05 bits per heavy atom. The van der Waals surface area contributed by atoms with E-state index < -0.39 is 10.0 Å². The van der Waals surface area contributed by atoms with Crippen LogP contribution in [0.1, 0.15) is 26.7 Å². The van der Waals surface area contributed by atoms with Crippen molar-refractivity contribution in [2.75, 3.05) is 32.5 Å². The van der Waals surface area contributed by atoms with Gasteiger partial charge in [-0.1, -0.05) is 6.92 Å². The molecular formula is C14H26N4O2S. The third-order valence-corrected chi connectivity index (χ3v) is 4.54. The van der Waals surface area contributed by atoms with E-state index in [1.807, 2.05) is 25.9 Å². The predicted octanol–water partition coefficient (Wildman–Crippen LogP) is 1.52. The fourth-order valence-electron chi connectivity index (χ4n) is 1.74. The molecule has 0 amide bonds. The summed E-state index contributed by atoms with van der Waals surface area (Å²) >= 11 is 0. The first-order valence-corrected chi connectivity index (χ1v) is 8.70. The van der Waals surface area contributed by atoms with Gasteiger partial charge in [-0.15, -0.1) is 0 Å². The van der Waals surface area contributed by atoms with Crippen molar-refractivity contribution in [1.82, 2.24) is 14.6 Å². The lowest BCUT2D eigenvalue weighted by Gasteiger charge is -2.16. The van der Waals surface area contributed by atoms with E-state index >= 15 is 0 Å². The number of anilines is 1. The second-order valence-electron chi connectivity index (χ2n) is 5.42. The molecule has 2 N–H and O–H groups in total. The van der Waals surface area contributed by atoms with E-state index in [0.29, 0.717) is 5.82 Å². The van der Waals surface area contributed by atoms with Crippen molar-refractivity contribution in [3.8, 4) is 0 Å². The van der Waals surface area contributed by atoms with Crippen LogP contribution in [0.3, 0.4) is 0 Å². The summed E-state index contributed by atoms with van der Waals surface area (Å²) in [6.45, 7) is 5.58. The van der Waals surface area contributed by atoms with Gasteiger partial charge in [-0.2, -0.15) is 0 Å². The lowest BCUT2D eigenvalue weighted by Crippen LogP contribution is -2.34. The molecule has 6 nitrogen and oxygen atoms in total. The topological polar surface area (TPSA) is 74.3 Å². The summed E-state index contributed by atoms with van der Waals surface area (Å²) in [6, 6.07) is 3.15. The van der Waals surface area contributed by atoms with Crippen molar-refractivity contribution in [3.05, 3.63) is 18.3 Å². The molecule has 0 saturated heterocycles. The third kappa shape index (κ3) is 6.41. The standard InChI is InChI=1S/C14H26N4O2S/c1-5-9-15-14-7-6-13(11-16-14)21(19,20)17-12(2)8-10-18(3)4/h6-7,11-12,17H,5,8-10H2,1-4H3,(H,15,16). The van der Waals surface area contributed by atoms with E-state index in [0.717, 1.165) is 25.9 Å². The van der Waals surface area contributed by atoms with E-state index in [9.17, 15) is 8.42 Å². The van der Waals surface area contributed by atoms with Gasteiger partial charge in [-0.25, -0.2) is 18.1 Å².